The molecule has 0 aliphatic heterocycles. The zero-order valence-electron chi connectivity index (χ0n) is 11.8. The van der Waals surface area contributed by atoms with Crippen LogP contribution in [0.5, 0.6) is 5.75 Å². The molecule has 0 spiro atoms. The summed E-state index contributed by atoms with van der Waals surface area (Å²) in [6.45, 7) is 3.63. The van der Waals surface area contributed by atoms with Gasteiger partial charge in [-0.25, -0.2) is 0 Å². The smallest absolute Gasteiger partial charge is 0.120 e. The van der Waals surface area contributed by atoms with Gasteiger partial charge < -0.3 is 15.5 Å². The first-order valence-electron chi connectivity index (χ1n) is 6.87. The molecule has 20 heavy (non-hydrogen) atoms. The lowest BCUT2D eigenvalue weighted by atomic mass is 10.1. The van der Waals surface area contributed by atoms with Gasteiger partial charge in [0.15, 0.2) is 0 Å². The minimum absolute atomic E-state index is 0.0885. The van der Waals surface area contributed by atoms with Crippen molar-refractivity contribution in [2.75, 3.05) is 6.54 Å². The van der Waals surface area contributed by atoms with E-state index in [0.717, 1.165) is 29.7 Å². The van der Waals surface area contributed by atoms with Crippen LogP contribution in [-0.4, -0.2) is 16.8 Å². The third-order valence-electron chi connectivity index (χ3n) is 3.35. The number of benzene rings is 2. The Morgan fingerprint density at radius 1 is 1.00 bits per heavy atom. The van der Waals surface area contributed by atoms with E-state index in [-0.39, 0.29) is 6.61 Å². The zero-order chi connectivity index (χ0) is 14.4. The number of rotatable bonds is 6. The van der Waals surface area contributed by atoms with Gasteiger partial charge in [-0.05, 0) is 37.1 Å². The molecule has 2 aromatic rings. The highest BCUT2D eigenvalue weighted by molar-refractivity contribution is 5.35. The van der Waals surface area contributed by atoms with Crippen LogP contribution in [-0.2, 0) is 19.6 Å². The summed E-state index contributed by atoms with van der Waals surface area (Å²) in [5.74, 6) is 0.343. The van der Waals surface area contributed by atoms with Crippen molar-refractivity contribution in [2.45, 2.75) is 26.5 Å². The third kappa shape index (κ3) is 4.08. The van der Waals surface area contributed by atoms with Crippen LogP contribution < -0.4 is 5.32 Å². The van der Waals surface area contributed by atoms with Gasteiger partial charge in [0.05, 0.1) is 6.61 Å². The SMILES string of the molecule is Cc1ccc(O)c(CNCCc2ccc(CO)cc2)c1. The molecule has 0 radical (unpaired) electrons. The third-order valence-corrected chi connectivity index (χ3v) is 3.35. The van der Waals surface area contributed by atoms with E-state index < -0.39 is 0 Å². The molecular weight excluding hydrogens is 250 g/mol. The first-order valence-corrected chi connectivity index (χ1v) is 6.87. The maximum Gasteiger partial charge on any atom is 0.120 e. The van der Waals surface area contributed by atoms with Gasteiger partial charge in [0.1, 0.15) is 5.75 Å². The molecule has 0 amide bonds. The molecular formula is C17H21NO2. The van der Waals surface area contributed by atoms with E-state index in [1.165, 1.54) is 5.56 Å². The highest BCUT2D eigenvalue weighted by Crippen LogP contribution is 2.17. The molecule has 0 aliphatic rings. The first kappa shape index (κ1) is 14.6. The van der Waals surface area contributed by atoms with Gasteiger partial charge >= 0.3 is 0 Å². The maximum absolute atomic E-state index is 9.75. The molecule has 0 saturated heterocycles. The summed E-state index contributed by atoms with van der Waals surface area (Å²) in [5, 5.41) is 22.1. The van der Waals surface area contributed by atoms with Crippen molar-refractivity contribution in [1.82, 2.24) is 5.32 Å². The van der Waals surface area contributed by atoms with Gasteiger partial charge in [0, 0.05) is 12.1 Å². The molecule has 3 heteroatoms. The lowest BCUT2D eigenvalue weighted by Gasteiger charge is -2.08. The Labute approximate surface area is 119 Å². The van der Waals surface area contributed by atoms with Crippen LogP contribution in [0.4, 0.5) is 0 Å². The zero-order valence-corrected chi connectivity index (χ0v) is 11.8. The van der Waals surface area contributed by atoms with Gasteiger partial charge in [-0.2, -0.15) is 0 Å². The Kier molecular flexibility index (Phi) is 5.16. The van der Waals surface area contributed by atoms with Gasteiger partial charge in [0.25, 0.3) is 0 Å². The van der Waals surface area contributed by atoms with Crippen LogP contribution in [0.15, 0.2) is 42.5 Å². The minimum Gasteiger partial charge on any atom is -0.508 e. The van der Waals surface area contributed by atoms with Crippen molar-refractivity contribution in [3.63, 3.8) is 0 Å². The second kappa shape index (κ2) is 7.08. The summed E-state index contributed by atoms with van der Waals surface area (Å²) in [6.07, 6.45) is 0.929. The van der Waals surface area contributed by atoms with Crippen LogP contribution in [0.1, 0.15) is 22.3 Å². The average molecular weight is 271 g/mol. The van der Waals surface area contributed by atoms with E-state index in [1.807, 2.05) is 43.3 Å². The number of aromatic hydroxyl groups is 1. The Hall–Kier alpha value is -1.84. The van der Waals surface area contributed by atoms with E-state index in [9.17, 15) is 5.11 Å². The topological polar surface area (TPSA) is 52.5 Å². The summed E-state index contributed by atoms with van der Waals surface area (Å²) in [5.41, 5.74) is 4.26. The van der Waals surface area contributed by atoms with Crippen LogP contribution in [0.25, 0.3) is 0 Å². The second-order valence-electron chi connectivity index (χ2n) is 5.03. The summed E-state index contributed by atoms with van der Waals surface area (Å²) in [7, 11) is 0. The van der Waals surface area contributed by atoms with Crippen LogP contribution >= 0.6 is 0 Å². The lowest BCUT2D eigenvalue weighted by Crippen LogP contribution is -2.16. The predicted octanol–water partition coefficient (Wildman–Crippen LogP) is 2.53. The van der Waals surface area contributed by atoms with E-state index >= 15 is 0 Å². The van der Waals surface area contributed by atoms with Gasteiger partial charge in [-0.1, -0.05) is 42.0 Å². The Morgan fingerprint density at radius 3 is 2.40 bits per heavy atom. The molecule has 0 bridgehead atoms. The summed E-state index contributed by atoms with van der Waals surface area (Å²) < 4.78 is 0. The monoisotopic (exact) mass is 271 g/mol. The van der Waals surface area contributed by atoms with Crippen molar-refractivity contribution >= 4 is 0 Å². The summed E-state index contributed by atoms with van der Waals surface area (Å²) in [4.78, 5) is 0. The van der Waals surface area contributed by atoms with E-state index in [4.69, 9.17) is 5.11 Å². The fraction of sp³-hybridized carbons (Fsp3) is 0.294. The fourth-order valence-electron chi connectivity index (χ4n) is 2.12. The molecule has 3 N–H and O–H groups in total. The van der Waals surface area contributed by atoms with Crippen LogP contribution in [0.2, 0.25) is 0 Å². The molecule has 2 aromatic carbocycles. The molecule has 0 aromatic heterocycles. The Balaban J connectivity index is 1.79. The van der Waals surface area contributed by atoms with E-state index in [0.29, 0.717) is 12.3 Å². The number of phenolic OH excluding ortho intramolecular Hbond substituents is 1. The van der Waals surface area contributed by atoms with E-state index in [1.54, 1.807) is 6.07 Å². The van der Waals surface area contributed by atoms with Crippen LogP contribution in [0.3, 0.4) is 0 Å². The van der Waals surface area contributed by atoms with Crippen LogP contribution in [0, 0.1) is 6.92 Å². The molecule has 106 valence electrons. The molecule has 0 heterocycles. The maximum atomic E-state index is 9.75. The normalized spacial score (nSPS) is 10.7. The lowest BCUT2D eigenvalue weighted by molar-refractivity contribution is 0.282. The molecule has 0 saturated carbocycles. The number of nitrogens with one attached hydrogen (secondary N) is 1. The number of hydrogen-bond donors (Lipinski definition) is 3. The van der Waals surface area contributed by atoms with Gasteiger partial charge in [-0.15, -0.1) is 0 Å². The second-order valence-corrected chi connectivity index (χ2v) is 5.03. The molecule has 0 fully saturated rings. The average Bonchev–Trinajstić information content (AvgIpc) is 2.47. The quantitative estimate of drug-likeness (QED) is 0.708. The Morgan fingerprint density at radius 2 is 1.70 bits per heavy atom. The molecule has 0 aliphatic carbocycles. The largest absolute Gasteiger partial charge is 0.508 e. The number of aliphatic hydroxyl groups excluding tert-OH is 1. The predicted molar refractivity (Wildman–Crippen MR) is 80.6 cm³/mol. The fourth-order valence-corrected chi connectivity index (χ4v) is 2.12. The highest BCUT2D eigenvalue weighted by atomic mass is 16.3. The molecule has 2 rings (SSSR count). The molecule has 0 atom stereocenters. The minimum atomic E-state index is 0.0885. The number of hydrogen-bond acceptors (Lipinski definition) is 3. The van der Waals surface area contributed by atoms with Gasteiger partial charge in [0.2, 0.25) is 0 Å². The number of aliphatic hydroxyl groups is 1. The van der Waals surface area contributed by atoms with Crippen molar-refractivity contribution in [2.24, 2.45) is 0 Å². The first-order chi connectivity index (χ1) is 9.69. The number of phenols is 1. The van der Waals surface area contributed by atoms with Crippen molar-refractivity contribution in [1.29, 1.82) is 0 Å². The summed E-state index contributed by atoms with van der Waals surface area (Å²) in [6, 6.07) is 13.6. The van der Waals surface area contributed by atoms with Crippen molar-refractivity contribution in [3.05, 3.63) is 64.7 Å². The standard InChI is InChI=1S/C17H21NO2/c1-13-2-7-17(20)16(10-13)11-18-9-8-14-3-5-15(12-19)6-4-14/h2-7,10,18-20H,8-9,11-12H2,1H3. The van der Waals surface area contributed by atoms with Crippen molar-refractivity contribution < 1.29 is 10.2 Å². The highest BCUT2D eigenvalue weighted by Gasteiger charge is 2.01. The molecule has 0 unspecified atom stereocenters. The van der Waals surface area contributed by atoms with Crippen molar-refractivity contribution in [3.8, 4) is 5.75 Å². The molecule has 3 nitrogen and oxygen atoms in total. The number of aryl methyl sites for hydroxylation is 1. The Bertz CT molecular complexity index is 549. The van der Waals surface area contributed by atoms with Gasteiger partial charge in [-0.3, -0.25) is 0 Å². The van der Waals surface area contributed by atoms with E-state index in [2.05, 4.69) is 5.32 Å². The summed E-state index contributed by atoms with van der Waals surface area (Å²) >= 11 is 0.